The van der Waals surface area contributed by atoms with Gasteiger partial charge in [0.15, 0.2) is 0 Å². The van der Waals surface area contributed by atoms with Gasteiger partial charge < -0.3 is 14.2 Å². The number of hydrogen-bond donors (Lipinski definition) is 0. The maximum atomic E-state index is 12.9. The fraction of sp³-hybridized carbons (Fsp3) is 0.333. The molecule has 0 saturated heterocycles. The summed E-state index contributed by atoms with van der Waals surface area (Å²) in [6.07, 6.45) is 4.10. The van der Waals surface area contributed by atoms with Gasteiger partial charge in [0.05, 0.1) is 37.6 Å². The summed E-state index contributed by atoms with van der Waals surface area (Å²) in [5, 5.41) is 3.29. The normalized spacial score (nSPS) is 17.2. The van der Waals surface area contributed by atoms with E-state index in [4.69, 9.17) is 4.74 Å². The van der Waals surface area contributed by atoms with Gasteiger partial charge in [-0.05, 0) is 22.4 Å². The van der Waals surface area contributed by atoms with Crippen LogP contribution in [0, 0.1) is 0 Å². The van der Waals surface area contributed by atoms with E-state index in [9.17, 15) is 4.79 Å². The highest BCUT2D eigenvalue weighted by atomic mass is 32.1. The quantitative estimate of drug-likeness (QED) is 0.733. The van der Waals surface area contributed by atoms with E-state index in [-0.39, 0.29) is 11.9 Å². The molecule has 124 valence electrons. The molecule has 0 radical (unpaired) electrons. The molecule has 2 aromatic heterocycles. The molecule has 1 atom stereocenters. The summed E-state index contributed by atoms with van der Waals surface area (Å²) < 4.78 is 8.66. The van der Waals surface area contributed by atoms with Gasteiger partial charge in [0.1, 0.15) is 0 Å². The second-order valence-corrected chi connectivity index (χ2v) is 7.02. The first-order valence-corrected chi connectivity index (χ1v) is 8.86. The van der Waals surface area contributed by atoms with Crippen LogP contribution in [0.25, 0.3) is 10.1 Å². The van der Waals surface area contributed by atoms with Crippen molar-refractivity contribution in [2.24, 2.45) is 0 Å². The van der Waals surface area contributed by atoms with Gasteiger partial charge in [-0.25, -0.2) is 4.98 Å². The Morgan fingerprint density at radius 3 is 3.17 bits per heavy atom. The van der Waals surface area contributed by atoms with Crippen LogP contribution in [-0.2, 0) is 22.5 Å². The lowest BCUT2D eigenvalue weighted by atomic mass is 10.1. The molecular weight excluding hydrogens is 322 g/mol. The summed E-state index contributed by atoms with van der Waals surface area (Å²) in [5.74, 6) is 0.159. The Morgan fingerprint density at radius 1 is 1.42 bits per heavy atom. The van der Waals surface area contributed by atoms with Gasteiger partial charge in [0, 0.05) is 24.6 Å². The number of thiophene rings is 1. The molecule has 0 fully saturated rings. The molecule has 6 heteroatoms. The smallest absolute Gasteiger partial charge is 0.227 e. The average molecular weight is 341 g/mol. The molecule has 0 aliphatic carbocycles. The first-order valence-electron chi connectivity index (χ1n) is 7.99. The van der Waals surface area contributed by atoms with Crippen LogP contribution >= 0.6 is 11.3 Å². The number of aromatic nitrogens is 2. The predicted molar refractivity (Wildman–Crippen MR) is 94.1 cm³/mol. The maximum Gasteiger partial charge on any atom is 0.227 e. The molecule has 4 rings (SSSR count). The van der Waals surface area contributed by atoms with Crippen LogP contribution < -0.4 is 0 Å². The molecule has 0 spiro atoms. The average Bonchev–Trinajstić information content (AvgIpc) is 3.22. The van der Waals surface area contributed by atoms with E-state index >= 15 is 0 Å². The Morgan fingerprint density at radius 2 is 2.29 bits per heavy atom. The number of benzene rings is 1. The molecule has 1 aliphatic heterocycles. The Hall–Kier alpha value is -2.18. The van der Waals surface area contributed by atoms with E-state index in [1.165, 1.54) is 10.1 Å². The predicted octanol–water partition coefficient (Wildman–Crippen LogP) is 2.87. The lowest BCUT2D eigenvalue weighted by Crippen LogP contribution is -2.42. The Balaban J connectivity index is 1.54. The van der Waals surface area contributed by atoms with Crippen LogP contribution in [0.1, 0.15) is 17.3 Å². The summed E-state index contributed by atoms with van der Waals surface area (Å²) in [7, 11) is 1.69. The SMILES string of the molecule is COCC1CN(C(=O)Cc2csc3ccccc23)Cc2cncn21. The molecular formula is C18H19N3O2S. The van der Waals surface area contributed by atoms with Crippen molar-refractivity contribution in [3.63, 3.8) is 0 Å². The van der Waals surface area contributed by atoms with Crippen LogP contribution in [0.3, 0.4) is 0 Å². The summed E-state index contributed by atoms with van der Waals surface area (Å²) in [6.45, 7) is 1.85. The molecule has 0 bridgehead atoms. The first kappa shape index (κ1) is 15.4. The van der Waals surface area contributed by atoms with Crippen molar-refractivity contribution in [2.45, 2.75) is 19.0 Å². The van der Waals surface area contributed by atoms with Crippen molar-refractivity contribution in [1.82, 2.24) is 14.5 Å². The zero-order valence-electron chi connectivity index (χ0n) is 13.5. The minimum absolute atomic E-state index is 0.129. The first-order chi connectivity index (χ1) is 11.8. The molecule has 3 heterocycles. The van der Waals surface area contributed by atoms with Gasteiger partial charge in [-0.15, -0.1) is 11.3 Å². The third kappa shape index (κ3) is 2.72. The van der Waals surface area contributed by atoms with Gasteiger partial charge in [0.2, 0.25) is 5.91 Å². The van der Waals surface area contributed by atoms with Crippen LogP contribution in [0.5, 0.6) is 0 Å². The zero-order valence-corrected chi connectivity index (χ0v) is 14.3. The molecule has 1 amide bonds. The highest BCUT2D eigenvalue weighted by Crippen LogP contribution is 2.27. The summed E-state index contributed by atoms with van der Waals surface area (Å²) in [5.41, 5.74) is 2.18. The number of methoxy groups -OCH3 is 1. The van der Waals surface area contributed by atoms with Gasteiger partial charge in [-0.3, -0.25) is 4.79 Å². The number of imidazole rings is 1. The van der Waals surface area contributed by atoms with Crippen molar-refractivity contribution < 1.29 is 9.53 Å². The summed E-state index contributed by atoms with van der Waals surface area (Å²) >= 11 is 1.70. The number of carbonyl (C=O) groups is 1. The lowest BCUT2D eigenvalue weighted by molar-refractivity contribution is -0.132. The molecule has 0 saturated carbocycles. The van der Waals surface area contributed by atoms with Gasteiger partial charge in [0.25, 0.3) is 0 Å². The molecule has 1 aliphatic rings. The number of carbonyl (C=O) groups excluding carboxylic acids is 1. The van der Waals surface area contributed by atoms with E-state index in [0.717, 1.165) is 11.3 Å². The third-order valence-corrected chi connectivity index (χ3v) is 5.55. The lowest BCUT2D eigenvalue weighted by Gasteiger charge is -2.34. The van der Waals surface area contributed by atoms with Gasteiger partial charge in [-0.1, -0.05) is 18.2 Å². The largest absolute Gasteiger partial charge is 0.382 e. The van der Waals surface area contributed by atoms with E-state index in [2.05, 4.69) is 27.1 Å². The molecule has 1 aromatic carbocycles. The van der Waals surface area contributed by atoms with E-state index in [0.29, 0.717) is 26.1 Å². The van der Waals surface area contributed by atoms with Crippen molar-refractivity contribution in [1.29, 1.82) is 0 Å². The third-order valence-electron chi connectivity index (χ3n) is 4.54. The van der Waals surface area contributed by atoms with Gasteiger partial charge in [-0.2, -0.15) is 0 Å². The van der Waals surface area contributed by atoms with Gasteiger partial charge >= 0.3 is 0 Å². The van der Waals surface area contributed by atoms with E-state index < -0.39 is 0 Å². The summed E-state index contributed by atoms with van der Waals surface area (Å²) in [6, 6.07) is 8.38. The fourth-order valence-electron chi connectivity index (χ4n) is 3.35. The van der Waals surface area contributed by atoms with Crippen LogP contribution in [0.4, 0.5) is 0 Å². The van der Waals surface area contributed by atoms with Crippen molar-refractivity contribution in [2.75, 3.05) is 20.3 Å². The number of amides is 1. The molecule has 3 aromatic rings. The highest BCUT2D eigenvalue weighted by Gasteiger charge is 2.28. The second-order valence-electron chi connectivity index (χ2n) is 6.11. The Kier molecular flexibility index (Phi) is 4.08. The maximum absolute atomic E-state index is 12.9. The summed E-state index contributed by atoms with van der Waals surface area (Å²) in [4.78, 5) is 19.0. The monoisotopic (exact) mass is 341 g/mol. The second kappa shape index (κ2) is 6.37. The number of nitrogens with zero attached hydrogens (tertiary/aromatic N) is 3. The van der Waals surface area contributed by atoms with Crippen LogP contribution in [0.2, 0.25) is 0 Å². The zero-order chi connectivity index (χ0) is 16.5. The minimum atomic E-state index is 0.129. The van der Waals surface area contributed by atoms with Crippen molar-refractivity contribution in [3.8, 4) is 0 Å². The van der Waals surface area contributed by atoms with E-state index in [1.54, 1.807) is 18.4 Å². The molecule has 1 unspecified atom stereocenters. The molecule has 0 N–H and O–H groups in total. The number of hydrogen-bond acceptors (Lipinski definition) is 4. The van der Waals surface area contributed by atoms with Crippen LogP contribution in [0.15, 0.2) is 42.2 Å². The van der Waals surface area contributed by atoms with Crippen molar-refractivity contribution >= 4 is 27.3 Å². The van der Waals surface area contributed by atoms with Crippen molar-refractivity contribution in [3.05, 3.63) is 53.4 Å². The van der Waals surface area contributed by atoms with Crippen LogP contribution in [-0.4, -0.2) is 40.6 Å². The minimum Gasteiger partial charge on any atom is -0.382 e. The van der Waals surface area contributed by atoms with E-state index in [1.807, 2.05) is 29.6 Å². The molecule has 24 heavy (non-hydrogen) atoms. The Labute approximate surface area is 144 Å². The number of fused-ring (bicyclic) bond motifs is 2. The Bertz CT molecular complexity index is 870. The number of ether oxygens (including phenoxy) is 1. The molecule has 5 nitrogen and oxygen atoms in total. The highest BCUT2D eigenvalue weighted by molar-refractivity contribution is 7.17. The number of rotatable bonds is 4. The standard InChI is InChI=1S/C18H19N3O2S/c1-23-10-15-9-20(8-14-7-19-12-21(14)15)18(22)6-13-11-24-17-5-3-2-4-16(13)17/h2-5,7,11-12,15H,6,8-10H2,1H3. The topological polar surface area (TPSA) is 47.4 Å². The fourth-order valence-corrected chi connectivity index (χ4v) is 4.31.